The van der Waals surface area contributed by atoms with Crippen LogP contribution >= 0.6 is 0 Å². The summed E-state index contributed by atoms with van der Waals surface area (Å²) in [5, 5.41) is 8.97. The van der Waals surface area contributed by atoms with Crippen molar-refractivity contribution in [2.75, 3.05) is 19.6 Å². The first-order chi connectivity index (χ1) is 9.49. The molecule has 2 aliphatic heterocycles. The lowest BCUT2D eigenvalue weighted by atomic mass is 9.98. The molecule has 0 radical (unpaired) electrons. The van der Waals surface area contributed by atoms with Gasteiger partial charge in [0.05, 0.1) is 5.92 Å². The molecule has 7 nitrogen and oxygen atoms in total. The fourth-order valence-electron chi connectivity index (χ4n) is 2.64. The molecule has 0 bridgehead atoms. The van der Waals surface area contributed by atoms with Crippen molar-refractivity contribution in [1.29, 1.82) is 0 Å². The molecule has 0 aromatic rings. The van der Waals surface area contributed by atoms with Crippen LogP contribution in [-0.2, 0) is 19.2 Å². The van der Waals surface area contributed by atoms with Crippen LogP contribution in [0.25, 0.3) is 0 Å². The number of piperidine rings is 1. The summed E-state index contributed by atoms with van der Waals surface area (Å²) in [7, 11) is 0. The van der Waals surface area contributed by atoms with Gasteiger partial charge >= 0.3 is 5.97 Å². The van der Waals surface area contributed by atoms with Crippen molar-refractivity contribution in [1.82, 2.24) is 9.80 Å². The number of hydrogen-bond donors (Lipinski definition) is 1. The molecular formula is C13H18N2O5. The molecule has 2 rings (SSSR count). The lowest BCUT2D eigenvalue weighted by Crippen LogP contribution is -2.43. The zero-order valence-corrected chi connectivity index (χ0v) is 11.2. The Hall–Kier alpha value is -1.92. The van der Waals surface area contributed by atoms with E-state index in [0.717, 1.165) is 4.90 Å². The van der Waals surface area contributed by atoms with Crippen LogP contribution in [0, 0.1) is 5.92 Å². The number of nitrogens with zero attached hydrogens (tertiary/aromatic N) is 2. The average molecular weight is 282 g/mol. The first kappa shape index (κ1) is 14.5. The van der Waals surface area contributed by atoms with E-state index in [0.29, 0.717) is 19.4 Å². The zero-order chi connectivity index (χ0) is 14.7. The number of hydrogen-bond acceptors (Lipinski definition) is 4. The number of carbonyl (C=O) groups is 4. The quantitative estimate of drug-likeness (QED) is 0.723. The normalized spacial score (nSPS) is 23.3. The minimum absolute atomic E-state index is 0.0732. The van der Waals surface area contributed by atoms with Crippen LogP contribution in [0.5, 0.6) is 0 Å². The van der Waals surface area contributed by atoms with Gasteiger partial charge in [0, 0.05) is 38.9 Å². The van der Waals surface area contributed by atoms with Gasteiger partial charge in [-0.25, -0.2) is 0 Å². The van der Waals surface area contributed by atoms with Crippen molar-refractivity contribution in [3.63, 3.8) is 0 Å². The number of carbonyl (C=O) groups excluding carboxylic acids is 3. The summed E-state index contributed by atoms with van der Waals surface area (Å²) in [6.45, 7) is 0.866. The molecule has 0 aromatic carbocycles. The zero-order valence-electron chi connectivity index (χ0n) is 11.2. The lowest BCUT2D eigenvalue weighted by Gasteiger charge is -2.31. The van der Waals surface area contributed by atoms with Gasteiger partial charge in [-0.1, -0.05) is 0 Å². The van der Waals surface area contributed by atoms with Crippen LogP contribution in [0.1, 0.15) is 32.1 Å². The van der Waals surface area contributed by atoms with Crippen molar-refractivity contribution < 1.29 is 24.3 Å². The summed E-state index contributed by atoms with van der Waals surface area (Å²) in [6, 6.07) is 0. The highest BCUT2D eigenvalue weighted by Gasteiger charge is 2.31. The third kappa shape index (κ3) is 3.15. The molecule has 7 heteroatoms. The third-order valence-corrected chi connectivity index (χ3v) is 3.83. The molecule has 2 saturated heterocycles. The van der Waals surface area contributed by atoms with E-state index < -0.39 is 11.9 Å². The third-order valence-electron chi connectivity index (χ3n) is 3.83. The molecule has 3 amide bonds. The van der Waals surface area contributed by atoms with Crippen LogP contribution in [0.3, 0.4) is 0 Å². The van der Waals surface area contributed by atoms with Crippen LogP contribution < -0.4 is 0 Å². The molecule has 0 aliphatic carbocycles. The molecule has 2 heterocycles. The van der Waals surface area contributed by atoms with E-state index in [1.165, 1.54) is 4.90 Å². The molecule has 1 N–H and O–H groups in total. The highest BCUT2D eigenvalue weighted by molar-refractivity contribution is 6.02. The van der Waals surface area contributed by atoms with E-state index in [1.807, 2.05) is 0 Å². The van der Waals surface area contributed by atoms with Gasteiger partial charge in [0.25, 0.3) is 0 Å². The number of carboxylic acids is 1. The minimum Gasteiger partial charge on any atom is -0.481 e. The van der Waals surface area contributed by atoms with Gasteiger partial charge in [-0.3, -0.25) is 24.1 Å². The Morgan fingerprint density at radius 3 is 2.45 bits per heavy atom. The SMILES string of the molecule is O=C(O)[C@@H]1CCCN(C(=O)CCN2C(=O)CCC2=O)C1. The van der Waals surface area contributed by atoms with Gasteiger partial charge in [-0.15, -0.1) is 0 Å². The van der Waals surface area contributed by atoms with Crippen molar-refractivity contribution in [3.8, 4) is 0 Å². The number of likely N-dealkylation sites (tertiary alicyclic amines) is 2. The number of rotatable bonds is 4. The average Bonchev–Trinajstić information content (AvgIpc) is 2.75. The van der Waals surface area contributed by atoms with Gasteiger partial charge < -0.3 is 10.0 Å². The Morgan fingerprint density at radius 2 is 1.85 bits per heavy atom. The summed E-state index contributed by atoms with van der Waals surface area (Å²) in [5.41, 5.74) is 0. The largest absolute Gasteiger partial charge is 0.481 e. The van der Waals surface area contributed by atoms with Gasteiger partial charge in [0.15, 0.2) is 0 Å². The Morgan fingerprint density at radius 1 is 1.20 bits per heavy atom. The van der Waals surface area contributed by atoms with Gasteiger partial charge in [-0.05, 0) is 12.8 Å². The second-order valence-corrected chi connectivity index (χ2v) is 5.21. The van der Waals surface area contributed by atoms with Gasteiger partial charge in [-0.2, -0.15) is 0 Å². The molecule has 2 fully saturated rings. The van der Waals surface area contributed by atoms with E-state index in [2.05, 4.69) is 0 Å². The van der Waals surface area contributed by atoms with Crippen molar-refractivity contribution in [2.45, 2.75) is 32.1 Å². The molecule has 110 valence electrons. The fourth-order valence-corrected chi connectivity index (χ4v) is 2.64. The second-order valence-electron chi connectivity index (χ2n) is 5.21. The molecule has 0 unspecified atom stereocenters. The van der Waals surface area contributed by atoms with Crippen LogP contribution in [0.2, 0.25) is 0 Å². The first-order valence-corrected chi connectivity index (χ1v) is 6.83. The van der Waals surface area contributed by atoms with E-state index in [4.69, 9.17) is 5.11 Å². The minimum atomic E-state index is -0.882. The molecule has 0 spiro atoms. The fraction of sp³-hybridized carbons (Fsp3) is 0.692. The molecule has 1 atom stereocenters. The van der Waals surface area contributed by atoms with Crippen LogP contribution in [-0.4, -0.2) is 58.2 Å². The van der Waals surface area contributed by atoms with Crippen LogP contribution in [0.15, 0.2) is 0 Å². The molecular weight excluding hydrogens is 264 g/mol. The van der Waals surface area contributed by atoms with Crippen LogP contribution in [0.4, 0.5) is 0 Å². The summed E-state index contributed by atoms with van der Waals surface area (Å²) in [6.07, 6.45) is 1.77. The standard InChI is InChI=1S/C13H18N2O5/c16-10(5-7-15-11(17)3-4-12(15)18)14-6-1-2-9(8-14)13(19)20/h9H,1-8H2,(H,19,20)/t9-/m1/s1. The van der Waals surface area contributed by atoms with E-state index in [-0.39, 0.29) is 50.1 Å². The summed E-state index contributed by atoms with van der Waals surface area (Å²) >= 11 is 0. The number of carboxylic acid groups (broad SMARTS) is 1. The molecule has 0 saturated carbocycles. The highest BCUT2D eigenvalue weighted by atomic mass is 16.4. The monoisotopic (exact) mass is 282 g/mol. The summed E-state index contributed by atoms with van der Waals surface area (Å²) in [4.78, 5) is 48.4. The summed E-state index contributed by atoms with van der Waals surface area (Å²) in [5.74, 6) is -2.05. The highest BCUT2D eigenvalue weighted by Crippen LogP contribution is 2.18. The maximum Gasteiger partial charge on any atom is 0.308 e. The van der Waals surface area contributed by atoms with Gasteiger partial charge in [0.1, 0.15) is 0 Å². The Labute approximate surface area is 116 Å². The number of aliphatic carboxylic acids is 1. The predicted octanol–water partition coefficient (Wildman–Crippen LogP) is -0.151. The summed E-state index contributed by atoms with van der Waals surface area (Å²) < 4.78 is 0. The van der Waals surface area contributed by atoms with Crippen molar-refractivity contribution in [3.05, 3.63) is 0 Å². The maximum absolute atomic E-state index is 12.0. The second kappa shape index (κ2) is 6.02. The van der Waals surface area contributed by atoms with E-state index >= 15 is 0 Å². The number of amides is 3. The first-order valence-electron chi connectivity index (χ1n) is 6.83. The topological polar surface area (TPSA) is 95.0 Å². The molecule has 2 aliphatic rings. The number of imide groups is 1. The van der Waals surface area contributed by atoms with E-state index in [9.17, 15) is 19.2 Å². The Kier molecular flexibility index (Phi) is 4.36. The Bertz CT molecular complexity index is 432. The molecule has 0 aromatic heterocycles. The van der Waals surface area contributed by atoms with Crippen molar-refractivity contribution in [2.24, 2.45) is 5.92 Å². The smallest absolute Gasteiger partial charge is 0.308 e. The predicted molar refractivity (Wildman–Crippen MR) is 67.5 cm³/mol. The maximum atomic E-state index is 12.0. The lowest BCUT2D eigenvalue weighted by molar-refractivity contribution is -0.145. The van der Waals surface area contributed by atoms with Gasteiger partial charge in [0.2, 0.25) is 17.7 Å². The Balaban J connectivity index is 1.84. The molecule has 20 heavy (non-hydrogen) atoms. The van der Waals surface area contributed by atoms with E-state index in [1.54, 1.807) is 0 Å². The van der Waals surface area contributed by atoms with Crippen molar-refractivity contribution >= 4 is 23.7 Å².